The summed E-state index contributed by atoms with van der Waals surface area (Å²) in [5.74, 6) is -0.0245. The molecular formula is C15H20O4. The van der Waals surface area contributed by atoms with Gasteiger partial charge in [0, 0.05) is 6.42 Å². The monoisotopic (exact) mass is 264 g/mol. The molecule has 0 saturated carbocycles. The fourth-order valence-electron chi connectivity index (χ4n) is 1.64. The first kappa shape index (κ1) is 15.2. The zero-order chi connectivity index (χ0) is 14.1. The standard InChI is InChI=1S/C15H20O4/c1-3-18-13(11-15(17)19-4-2)10-14(16)12-8-6-5-7-9-12/h5-9,11,14,16H,3-4,10H2,1-2H3/b13-11+/t14-/m1/s1. The van der Waals surface area contributed by atoms with Gasteiger partial charge >= 0.3 is 5.97 Å². The van der Waals surface area contributed by atoms with Crippen LogP contribution in [0.15, 0.2) is 42.2 Å². The fourth-order valence-corrected chi connectivity index (χ4v) is 1.64. The van der Waals surface area contributed by atoms with Gasteiger partial charge in [-0.05, 0) is 19.4 Å². The van der Waals surface area contributed by atoms with Crippen LogP contribution in [-0.2, 0) is 14.3 Å². The van der Waals surface area contributed by atoms with Crippen molar-refractivity contribution in [3.63, 3.8) is 0 Å². The van der Waals surface area contributed by atoms with E-state index in [-0.39, 0.29) is 6.42 Å². The SMILES string of the molecule is CCOC(=O)/C=C(\C[C@@H](O)c1ccccc1)OCC. The van der Waals surface area contributed by atoms with E-state index in [2.05, 4.69) is 0 Å². The fraction of sp³-hybridized carbons (Fsp3) is 0.400. The molecule has 0 radical (unpaired) electrons. The molecule has 1 N–H and O–H groups in total. The minimum Gasteiger partial charge on any atom is -0.498 e. The molecule has 0 heterocycles. The van der Waals surface area contributed by atoms with Gasteiger partial charge in [-0.2, -0.15) is 0 Å². The van der Waals surface area contributed by atoms with Gasteiger partial charge in [0.2, 0.25) is 0 Å². The quantitative estimate of drug-likeness (QED) is 0.467. The number of esters is 1. The van der Waals surface area contributed by atoms with Crippen molar-refractivity contribution >= 4 is 5.97 Å². The largest absolute Gasteiger partial charge is 0.498 e. The highest BCUT2D eigenvalue weighted by atomic mass is 16.5. The number of ether oxygens (including phenoxy) is 2. The Morgan fingerprint density at radius 2 is 1.84 bits per heavy atom. The Morgan fingerprint density at radius 3 is 2.42 bits per heavy atom. The molecular weight excluding hydrogens is 244 g/mol. The van der Waals surface area contributed by atoms with E-state index in [1.807, 2.05) is 37.3 Å². The second-order valence-electron chi connectivity index (χ2n) is 3.93. The predicted molar refractivity (Wildman–Crippen MR) is 72.4 cm³/mol. The van der Waals surface area contributed by atoms with Crippen molar-refractivity contribution in [2.75, 3.05) is 13.2 Å². The van der Waals surface area contributed by atoms with Gasteiger partial charge in [0.1, 0.15) is 5.76 Å². The van der Waals surface area contributed by atoms with Crippen LogP contribution in [0.25, 0.3) is 0 Å². The molecule has 4 nitrogen and oxygen atoms in total. The van der Waals surface area contributed by atoms with Crippen molar-refractivity contribution < 1.29 is 19.4 Å². The molecule has 1 atom stereocenters. The second kappa shape index (κ2) is 8.32. The molecule has 1 aromatic rings. The van der Waals surface area contributed by atoms with E-state index in [0.717, 1.165) is 5.56 Å². The maximum absolute atomic E-state index is 11.4. The first-order valence-corrected chi connectivity index (χ1v) is 6.40. The highest BCUT2D eigenvalue weighted by molar-refractivity contribution is 5.82. The maximum atomic E-state index is 11.4. The molecule has 1 aromatic carbocycles. The molecule has 19 heavy (non-hydrogen) atoms. The highest BCUT2D eigenvalue weighted by Gasteiger charge is 2.12. The van der Waals surface area contributed by atoms with Gasteiger partial charge < -0.3 is 14.6 Å². The Morgan fingerprint density at radius 1 is 1.21 bits per heavy atom. The number of rotatable bonds is 7. The Labute approximate surface area is 113 Å². The lowest BCUT2D eigenvalue weighted by Gasteiger charge is -2.14. The lowest BCUT2D eigenvalue weighted by molar-refractivity contribution is -0.137. The Bertz CT molecular complexity index is 411. The average Bonchev–Trinajstić information content (AvgIpc) is 2.40. The van der Waals surface area contributed by atoms with Gasteiger partial charge in [-0.15, -0.1) is 0 Å². The molecule has 0 bridgehead atoms. The number of carbonyl (C=O) groups excluding carboxylic acids is 1. The van der Waals surface area contributed by atoms with Crippen LogP contribution in [0.5, 0.6) is 0 Å². The highest BCUT2D eigenvalue weighted by Crippen LogP contribution is 2.21. The van der Waals surface area contributed by atoms with Crippen LogP contribution in [-0.4, -0.2) is 24.3 Å². The molecule has 0 unspecified atom stereocenters. The minimum absolute atomic E-state index is 0.247. The van der Waals surface area contributed by atoms with Gasteiger partial charge in [0.15, 0.2) is 0 Å². The van der Waals surface area contributed by atoms with Crippen molar-refractivity contribution in [3.8, 4) is 0 Å². The number of carbonyl (C=O) groups is 1. The minimum atomic E-state index is -0.701. The van der Waals surface area contributed by atoms with Crippen LogP contribution in [0, 0.1) is 0 Å². The molecule has 0 aromatic heterocycles. The van der Waals surface area contributed by atoms with E-state index in [1.165, 1.54) is 6.08 Å². The van der Waals surface area contributed by atoms with Gasteiger partial charge in [-0.25, -0.2) is 4.79 Å². The van der Waals surface area contributed by atoms with Gasteiger partial charge in [-0.1, -0.05) is 30.3 Å². The van der Waals surface area contributed by atoms with Gasteiger partial charge in [-0.3, -0.25) is 0 Å². The van der Waals surface area contributed by atoms with E-state index in [0.29, 0.717) is 19.0 Å². The maximum Gasteiger partial charge on any atom is 0.334 e. The number of hydrogen-bond donors (Lipinski definition) is 1. The topological polar surface area (TPSA) is 55.8 Å². The van der Waals surface area contributed by atoms with E-state index in [4.69, 9.17) is 9.47 Å². The van der Waals surface area contributed by atoms with Crippen LogP contribution in [0.1, 0.15) is 31.9 Å². The van der Waals surface area contributed by atoms with Gasteiger partial charge in [0.05, 0.1) is 25.4 Å². The summed E-state index contributed by atoms with van der Waals surface area (Å²) in [6.45, 7) is 4.32. The summed E-state index contributed by atoms with van der Waals surface area (Å²) in [7, 11) is 0. The van der Waals surface area contributed by atoms with Crippen molar-refractivity contribution in [2.45, 2.75) is 26.4 Å². The average molecular weight is 264 g/mol. The number of aliphatic hydroxyl groups is 1. The lowest BCUT2D eigenvalue weighted by atomic mass is 10.1. The first-order valence-electron chi connectivity index (χ1n) is 6.40. The molecule has 104 valence electrons. The summed E-state index contributed by atoms with van der Waals surface area (Å²) in [5.41, 5.74) is 0.789. The van der Waals surface area contributed by atoms with E-state index < -0.39 is 12.1 Å². The second-order valence-corrected chi connectivity index (χ2v) is 3.93. The van der Waals surface area contributed by atoms with Crippen LogP contribution in [0.3, 0.4) is 0 Å². The van der Waals surface area contributed by atoms with Crippen LogP contribution >= 0.6 is 0 Å². The molecule has 0 fully saturated rings. The molecule has 0 saturated heterocycles. The van der Waals surface area contributed by atoms with Gasteiger partial charge in [0.25, 0.3) is 0 Å². The third kappa shape index (κ3) is 5.57. The summed E-state index contributed by atoms with van der Waals surface area (Å²) in [5, 5.41) is 10.1. The number of benzene rings is 1. The Balaban J connectivity index is 2.70. The summed E-state index contributed by atoms with van der Waals surface area (Å²) in [4.78, 5) is 11.4. The molecule has 0 aliphatic heterocycles. The zero-order valence-electron chi connectivity index (χ0n) is 11.3. The third-order valence-electron chi connectivity index (χ3n) is 2.47. The lowest BCUT2D eigenvalue weighted by Crippen LogP contribution is -2.06. The third-order valence-corrected chi connectivity index (χ3v) is 2.47. The van der Waals surface area contributed by atoms with Crippen molar-refractivity contribution in [3.05, 3.63) is 47.7 Å². The van der Waals surface area contributed by atoms with E-state index in [9.17, 15) is 9.90 Å². The summed E-state index contributed by atoms with van der Waals surface area (Å²) < 4.78 is 10.2. The molecule has 0 aliphatic carbocycles. The van der Waals surface area contributed by atoms with Crippen LogP contribution in [0.4, 0.5) is 0 Å². The Hall–Kier alpha value is -1.81. The zero-order valence-corrected chi connectivity index (χ0v) is 11.3. The normalized spacial score (nSPS) is 12.9. The number of aliphatic hydroxyl groups excluding tert-OH is 1. The van der Waals surface area contributed by atoms with E-state index in [1.54, 1.807) is 6.92 Å². The van der Waals surface area contributed by atoms with Crippen LogP contribution in [0.2, 0.25) is 0 Å². The number of hydrogen-bond acceptors (Lipinski definition) is 4. The van der Waals surface area contributed by atoms with Crippen molar-refractivity contribution in [1.29, 1.82) is 0 Å². The Kier molecular flexibility index (Phi) is 6.68. The van der Waals surface area contributed by atoms with Crippen LogP contribution < -0.4 is 0 Å². The first-order chi connectivity index (χ1) is 9.17. The summed E-state index contributed by atoms with van der Waals surface area (Å²) >= 11 is 0. The van der Waals surface area contributed by atoms with Crippen molar-refractivity contribution in [2.24, 2.45) is 0 Å². The van der Waals surface area contributed by atoms with Crippen molar-refractivity contribution in [1.82, 2.24) is 0 Å². The molecule has 1 rings (SSSR count). The molecule has 0 spiro atoms. The smallest absolute Gasteiger partial charge is 0.334 e. The summed E-state index contributed by atoms with van der Waals surface area (Å²) in [6, 6.07) is 9.26. The molecule has 4 heteroatoms. The molecule has 0 amide bonds. The van der Waals surface area contributed by atoms with E-state index >= 15 is 0 Å². The predicted octanol–water partition coefficient (Wildman–Crippen LogP) is 2.59. The summed E-state index contributed by atoms with van der Waals surface area (Å²) in [6.07, 6.45) is 0.837. The molecule has 0 aliphatic rings.